The van der Waals surface area contributed by atoms with Crippen LogP contribution in [0.5, 0.6) is 5.75 Å². The van der Waals surface area contributed by atoms with Crippen LogP contribution >= 0.6 is 27.3 Å². The molecule has 5 heteroatoms. The maximum atomic E-state index is 5.72. The molecule has 0 spiro atoms. The molecule has 1 heterocycles. The summed E-state index contributed by atoms with van der Waals surface area (Å²) in [6.45, 7) is 2.17. The zero-order chi connectivity index (χ0) is 14.5. The summed E-state index contributed by atoms with van der Waals surface area (Å²) < 4.78 is 6.22. The lowest BCUT2D eigenvalue weighted by atomic mass is 10.1. The quantitative estimate of drug-likeness (QED) is 0.612. The Morgan fingerprint density at radius 3 is 2.70 bits per heavy atom. The van der Waals surface area contributed by atoms with Crippen molar-refractivity contribution in [1.82, 2.24) is 5.43 Å². The number of nitrogens with one attached hydrogen (secondary N) is 1. The Morgan fingerprint density at radius 1 is 1.35 bits per heavy atom. The Hall–Kier alpha value is -0.880. The summed E-state index contributed by atoms with van der Waals surface area (Å²) in [6, 6.07) is 10.6. The predicted molar refractivity (Wildman–Crippen MR) is 88.2 cm³/mol. The number of nitrogens with two attached hydrogens (primary N) is 1. The molecule has 108 valence electrons. The molecule has 20 heavy (non-hydrogen) atoms. The number of hydrogen-bond acceptors (Lipinski definition) is 4. The van der Waals surface area contributed by atoms with Crippen molar-refractivity contribution in [3.8, 4) is 5.75 Å². The van der Waals surface area contributed by atoms with E-state index in [9.17, 15) is 0 Å². The van der Waals surface area contributed by atoms with Gasteiger partial charge in [0.05, 0.1) is 17.6 Å². The lowest BCUT2D eigenvalue weighted by Gasteiger charge is -2.15. The Labute approximate surface area is 132 Å². The summed E-state index contributed by atoms with van der Waals surface area (Å²) in [5.41, 5.74) is 4.13. The van der Waals surface area contributed by atoms with E-state index < -0.39 is 0 Å². The number of benzene rings is 1. The van der Waals surface area contributed by atoms with Crippen molar-refractivity contribution in [3.05, 3.63) is 50.1 Å². The van der Waals surface area contributed by atoms with Crippen LogP contribution in [0.1, 0.15) is 28.3 Å². The summed E-state index contributed by atoms with van der Waals surface area (Å²) in [6.07, 6.45) is 1.92. The zero-order valence-electron chi connectivity index (χ0n) is 11.7. The van der Waals surface area contributed by atoms with Crippen LogP contribution in [0.3, 0.4) is 0 Å². The van der Waals surface area contributed by atoms with Crippen molar-refractivity contribution in [1.29, 1.82) is 0 Å². The molecule has 3 nitrogen and oxygen atoms in total. The van der Waals surface area contributed by atoms with Crippen LogP contribution < -0.4 is 16.0 Å². The molecule has 2 rings (SSSR count). The van der Waals surface area contributed by atoms with Gasteiger partial charge < -0.3 is 4.74 Å². The van der Waals surface area contributed by atoms with Crippen molar-refractivity contribution in [3.63, 3.8) is 0 Å². The molecule has 0 aliphatic carbocycles. The van der Waals surface area contributed by atoms with E-state index in [2.05, 4.69) is 52.5 Å². The summed E-state index contributed by atoms with van der Waals surface area (Å²) in [5.74, 6) is 6.56. The van der Waals surface area contributed by atoms with Gasteiger partial charge in [0.2, 0.25) is 0 Å². The van der Waals surface area contributed by atoms with Gasteiger partial charge in [0, 0.05) is 9.75 Å². The van der Waals surface area contributed by atoms with Crippen LogP contribution in [0.15, 0.2) is 34.8 Å². The Kier molecular flexibility index (Phi) is 5.60. The van der Waals surface area contributed by atoms with E-state index in [0.717, 1.165) is 23.1 Å². The second kappa shape index (κ2) is 7.22. The first-order valence-corrected chi connectivity index (χ1v) is 8.16. The Bertz CT molecular complexity index is 571. The van der Waals surface area contributed by atoms with E-state index >= 15 is 0 Å². The van der Waals surface area contributed by atoms with E-state index in [0.29, 0.717) is 0 Å². The van der Waals surface area contributed by atoms with Gasteiger partial charge in [-0.15, -0.1) is 11.3 Å². The summed E-state index contributed by atoms with van der Waals surface area (Å²) >= 11 is 5.33. The van der Waals surface area contributed by atoms with E-state index in [1.807, 2.05) is 17.4 Å². The SMILES string of the molecule is CCc1ccc(C(Cc2ccc(OC)c(Br)c2)NN)s1. The van der Waals surface area contributed by atoms with Crippen molar-refractivity contribution in [2.75, 3.05) is 7.11 Å². The summed E-state index contributed by atoms with van der Waals surface area (Å²) in [7, 11) is 1.67. The molecule has 3 N–H and O–H groups in total. The fraction of sp³-hybridized carbons (Fsp3) is 0.333. The molecule has 0 saturated carbocycles. The highest BCUT2D eigenvalue weighted by Crippen LogP contribution is 2.29. The molecular weight excluding hydrogens is 336 g/mol. The molecular formula is C15H19BrN2OS. The molecule has 1 unspecified atom stereocenters. The summed E-state index contributed by atoms with van der Waals surface area (Å²) in [5, 5.41) is 0. The number of halogens is 1. The van der Waals surface area contributed by atoms with E-state index in [1.165, 1.54) is 15.3 Å². The average Bonchev–Trinajstić information content (AvgIpc) is 2.93. The number of thiophene rings is 1. The van der Waals surface area contributed by atoms with Gasteiger partial charge >= 0.3 is 0 Å². The molecule has 0 fully saturated rings. The fourth-order valence-corrected chi connectivity index (χ4v) is 3.69. The second-order valence-electron chi connectivity index (χ2n) is 4.55. The molecule has 1 aromatic heterocycles. The predicted octanol–water partition coefficient (Wildman–Crippen LogP) is 3.83. The first-order valence-electron chi connectivity index (χ1n) is 6.55. The molecule has 0 saturated heterocycles. The smallest absolute Gasteiger partial charge is 0.133 e. The second-order valence-corrected chi connectivity index (χ2v) is 6.60. The van der Waals surface area contributed by atoms with Crippen molar-refractivity contribution >= 4 is 27.3 Å². The molecule has 0 aliphatic rings. The minimum Gasteiger partial charge on any atom is -0.496 e. The van der Waals surface area contributed by atoms with Gasteiger partial charge in [-0.1, -0.05) is 13.0 Å². The zero-order valence-corrected chi connectivity index (χ0v) is 14.1. The number of methoxy groups -OCH3 is 1. The number of hydrogen-bond donors (Lipinski definition) is 2. The third-order valence-electron chi connectivity index (χ3n) is 3.23. The number of hydrazine groups is 1. The maximum absolute atomic E-state index is 5.72. The van der Waals surface area contributed by atoms with E-state index in [1.54, 1.807) is 7.11 Å². The van der Waals surface area contributed by atoms with Gasteiger partial charge in [-0.05, 0) is 58.6 Å². The maximum Gasteiger partial charge on any atom is 0.133 e. The molecule has 0 amide bonds. The Balaban J connectivity index is 2.15. The van der Waals surface area contributed by atoms with Crippen LogP contribution in [0, 0.1) is 0 Å². The topological polar surface area (TPSA) is 47.3 Å². The molecule has 2 aromatic rings. The molecule has 1 aromatic carbocycles. The number of aryl methyl sites for hydroxylation is 1. The molecule has 1 atom stereocenters. The highest BCUT2D eigenvalue weighted by molar-refractivity contribution is 9.10. The highest BCUT2D eigenvalue weighted by Gasteiger charge is 2.14. The number of ether oxygens (including phenoxy) is 1. The minimum atomic E-state index is 0.139. The Morgan fingerprint density at radius 2 is 2.15 bits per heavy atom. The largest absolute Gasteiger partial charge is 0.496 e. The van der Waals surface area contributed by atoms with E-state index in [-0.39, 0.29) is 6.04 Å². The van der Waals surface area contributed by atoms with Crippen LogP contribution in [0.25, 0.3) is 0 Å². The first-order chi connectivity index (χ1) is 9.67. The van der Waals surface area contributed by atoms with Gasteiger partial charge in [-0.3, -0.25) is 11.3 Å². The third kappa shape index (κ3) is 3.61. The van der Waals surface area contributed by atoms with Crippen molar-refractivity contribution < 1.29 is 4.74 Å². The lowest BCUT2D eigenvalue weighted by Crippen LogP contribution is -2.28. The van der Waals surface area contributed by atoms with Gasteiger partial charge in [0.25, 0.3) is 0 Å². The van der Waals surface area contributed by atoms with Gasteiger partial charge in [-0.25, -0.2) is 0 Å². The summed E-state index contributed by atoms with van der Waals surface area (Å²) in [4.78, 5) is 2.66. The average molecular weight is 355 g/mol. The van der Waals surface area contributed by atoms with Gasteiger partial charge in [0.15, 0.2) is 0 Å². The fourth-order valence-electron chi connectivity index (χ4n) is 2.09. The standard InChI is InChI=1S/C15H19BrN2OS/c1-3-11-5-7-15(20-11)13(18-17)9-10-4-6-14(19-2)12(16)8-10/h4-8,13,18H,3,9,17H2,1-2H3. The van der Waals surface area contributed by atoms with Crippen LogP contribution in [-0.2, 0) is 12.8 Å². The molecule has 0 radical (unpaired) electrons. The van der Waals surface area contributed by atoms with Crippen molar-refractivity contribution in [2.24, 2.45) is 5.84 Å². The minimum absolute atomic E-state index is 0.139. The van der Waals surface area contributed by atoms with Crippen LogP contribution in [0.4, 0.5) is 0 Å². The van der Waals surface area contributed by atoms with E-state index in [4.69, 9.17) is 10.6 Å². The normalized spacial score (nSPS) is 12.4. The molecule has 0 aliphatic heterocycles. The lowest BCUT2D eigenvalue weighted by molar-refractivity contribution is 0.412. The third-order valence-corrected chi connectivity index (χ3v) is 5.19. The molecule has 0 bridgehead atoms. The van der Waals surface area contributed by atoms with Gasteiger partial charge in [-0.2, -0.15) is 0 Å². The highest BCUT2D eigenvalue weighted by atomic mass is 79.9. The van der Waals surface area contributed by atoms with Gasteiger partial charge in [0.1, 0.15) is 5.75 Å². The van der Waals surface area contributed by atoms with Crippen LogP contribution in [0.2, 0.25) is 0 Å². The van der Waals surface area contributed by atoms with Crippen molar-refractivity contribution in [2.45, 2.75) is 25.8 Å². The number of rotatable bonds is 6. The van der Waals surface area contributed by atoms with Crippen LogP contribution in [-0.4, -0.2) is 7.11 Å². The monoisotopic (exact) mass is 354 g/mol. The first kappa shape index (κ1) is 15.5.